The molecule has 1 heterocycles. The van der Waals surface area contributed by atoms with Crippen molar-refractivity contribution in [2.24, 2.45) is 16.6 Å². The number of ether oxygens (including phenoxy) is 2. The Morgan fingerprint density at radius 3 is 3.05 bits per heavy atom. The molecule has 0 saturated heterocycles. The number of nitrogens with two attached hydrogens (primary N) is 1. The van der Waals surface area contributed by atoms with Crippen LogP contribution in [0.25, 0.3) is 0 Å². The van der Waals surface area contributed by atoms with E-state index in [1.165, 1.54) is 11.8 Å². The third-order valence-corrected chi connectivity index (χ3v) is 3.84. The van der Waals surface area contributed by atoms with E-state index < -0.39 is 0 Å². The minimum absolute atomic E-state index is 0.281. The van der Waals surface area contributed by atoms with Gasteiger partial charge in [0.2, 0.25) is 0 Å². The summed E-state index contributed by atoms with van der Waals surface area (Å²) in [4.78, 5) is 4.33. The zero-order valence-electron chi connectivity index (χ0n) is 11.7. The van der Waals surface area contributed by atoms with Crippen molar-refractivity contribution in [2.45, 2.75) is 26.2 Å². The number of halogens is 1. The molecule has 1 aliphatic heterocycles. The van der Waals surface area contributed by atoms with E-state index in [1.54, 1.807) is 0 Å². The van der Waals surface area contributed by atoms with Crippen LogP contribution in [-0.4, -0.2) is 18.5 Å². The quantitative estimate of drug-likeness (QED) is 0.683. The van der Waals surface area contributed by atoms with Gasteiger partial charge in [0, 0.05) is 28.4 Å². The van der Waals surface area contributed by atoms with Crippen LogP contribution in [0.1, 0.15) is 25.0 Å². The lowest BCUT2D eigenvalue weighted by atomic mass is 10.1. The second kappa shape index (κ2) is 7.20. The Labute approximate surface area is 128 Å². The van der Waals surface area contributed by atoms with E-state index in [2.05, 4.69) is 18.8 Å². The molecule has 0 spiro atoms. The monoisotopic (exact) mass is 314 g/mol. The van der Waals surface area contributed by atoms with Crippen LogP contribution < -0.4 is 10.5 Å². The summed E-state index contributed by atoms with van der Waals surface area (Å²) in [6.07, 6.45) is 0. The van der Waals surface area contributed by atoms with Crippen LogP contribution in [0.3, 0.4) is 0 Å². The molecule has 0 atom stereocenters. The number of amidine groups is 1. The Kier molecular flexibility index (Phi) is 5.57. The summed E-state index contributed by atoms with van der Waals surface area (Å²) >= 11 is 7.62. The Morgan fingerprint density at radius 2 is 2.30 bits per heavy atom. The van der Waals surface area contributed by atoms with Crippen LogP contribution in [0, 0.1) is 5.92 Å². The summed E-state index contributed by atoms with van der Waals surface area (Å²) in [5.74, 6) is 2.06. The first-order valence-corrected chi connectivity index (χ1v) is 7.87. The molecule has 0 aromatic heterocycles. The minimum atomic E-state index is 0.281. The molecule has 20 heavy (non-hydrogen) atoms. The lowest BCUT2D eigenvalue weighted by molar-refractivity contribution is -0.0168. The van der Waals surface area contributed by atoms with E-state index in [1.807, 2.05) is 12.1 Å². The molecule has 2 rings (SSSR count). The average molecular weight is 315 g/mol. The summed E-state index contributed by atoms with van der Waals surface area (Å²) in [6.45, 7) is 5.79. The number of aliphatic imine (C=N–C) groups is 1. The highest BCUT2D eigenvalue weighted by Gasteiger charge is 2.16. The van der Waals surface area contributed by atoms with Gasteiger partial charge < -0.3 is 15.2 Å². The van der Waals surface area contributed by atoms with Crippen molar-refractivity contribution in [3.8, 4) is 5.75 Å². The molecule has 0 unspecified atom stereocenters. The van der Waals surface area contributed by atoms with Gasteiger partial charge in [-0.25, -0.2) is 0 Å². The van der Waals surface area contributed by atoms with Crippen LogP contribution in [0.4, 0.5) is 0 Å². The van der Waals surface area contributed by atoms with Gasteiger partial charge in [0.1, 0.15) is 5.75 Å². The third-order valence-electron chi connectivity index (χ3n) is 2.74. The molecule has 1 aromatic carbocycles. The molecule has 0 fully saturated rings. The second-order valence-electron chi connectivity index (χ2n) is 5.03. The fraction of sp³-hybridized carbons (Fsp3) is 0.500. The van der Waals surface area contributed by atoms with Crippen molar-refractivity contribution in [1.29, 1.82) is 0 Å². The van der Waals surface area contributed by atoms with Gasteiger partial charge in [-0.3, -0.25) is 4.99 Å². The third kappa shape index (κ3) is 4.30. The number of benzene rings is 1. The fourth-order valence-corrected chi connectivity index (χ4v) is 2.78. The maximum atomic E-state index is 6.12. The second-order valence-corrected chi connectivity index (χ2v) is 6.46. The number of thioether (sulfide) groups is 1. The molecular weight excluding hydrogens is 296 g/mol. The first-order chi connectivity index (χ1) is 9.56. The number of fused-ring (bicyclic) bond motifs is 1. The van der Waals surface area contributed by atoms with Crippen LogP contribution in [0.15, 0.2) is 17.1 Å². The topological polar surface area (TPSA) is 56.8 Å². The van der Waals surface area contributed by atoms with Crippen molar-refractivity contribution in [3.63, 3.8) is 0 Å². The Morgan fingerprint density at radius 1 is 1.50 bits per heavy atom. The van der Waals surface area contributed by atoms with Crippen molar-refractivity contribution in [2.75, 3.05) is 13.3 Å². The predicted molar refractivity (Wildman–Crippen MR) is 84.4 cm³/mol. The molecule has 0 bridgehead atoms. The lowest BCUT2D eigenvalue weighted by Crippen LogP contribution is -2.14. The average Bonchev–Trinajstić information content (AvgIpc) is 2.42. The smallest absolute Gasteiger partial charge is 0.189 e. The van der Waals surface area contributed by atoms with E-state index in [9.17, 15) is 0 Å². The molecule has 1 aromatic rings. The number of nitrogens with zero attached hydrogens (tertiary/aromatic N) is 1. The maximum absolute atomic E-state index is 6.12. The molecule has 6 heteroatoms. The van der Waals surface area contributed by atoms with E-state index >= 15 is 0 Å². The molecule has 0 radical (unpaired) electrons. The summed E-state index contributed by atoms with van der Waals surface area (Å²) in [5, 5.41) is 1.28. The predicted octanol–water partition coefficient (Wildman–Crippen LogP) is 3.41. The summed E-state index contributed by atoms with van der Waals surface area (Å²) < 4.78 is 10.8. The van der Waals surface area contributed by atoms with E-state index in [4.69, 9.17) is 26.8 Å². The minimum Gasteiger partial charge on any atom is -0.467 e. The normalized spacial score (nSPS) is 15.1. The van der Waals surface area contributed by atoms with Crippen molar-refractivity contribution in [3.05, 3.63) is 28.3 Å². The van der Waals surface area contributed by atoms with Gasteiger partial charge in [0.15, 0.2) is 12.0 Å². The SMILES string of the molecule is CC(C)CN=C(N)SCc1cc(Cl)cc2c1OCOC2. The first-order valence-electron chi connectivity index (χ1n) is 6.51. The lowest BCUT2D eigenvalue weighted by Gasteiger charge is -2.21. The van der Waals surface area contributed by atoms with Gasteiger partial charge in [-0.15, -0.1) is 0 Å². The molecule has 1 aliphatic rings. The highest BCUT2D eigenvalue weighted by Crippen LogP contribution is 2.33. The van der Waals surface area contributed by atoms with Crippen LogP contribution in [0.2, 0.25) is 5.02 Å². The number of rotatable bonds is 4. The summed E-state index contributed by atoms with van der Waals surface area (Å²) in [5.41, 5.74) is 7.91. The molecule has 4 nitrogen and oxygen atoms in total. The van der Waals surface area contributed by atoms with E-state index in [0.29, 0.717) is 28.5 Å². The van der Waals surface area contributed by atoms with Gasteiger partial charge >= 0.3 is 0 Å². The first kappa shape index (κ1) is 15.5. The standard InChI is InChI=1S/C14H19ClN2O2S/c1-9(2)5-17-14(16)20-7-11-4-12(15)3-10-6-18-8-19-13(10)11/h3-4,9H,5-8H2,1-2H3,(H2,16,17). The van der Waals surface area contributed by atoms with Crippen LogP contribution >= 0.6 is 23.4 Å². The zero-order chi connectivity index (χ0) is 14.5. The van der Waals surface area contributed by atoms with E-state index in [0.717, 1.165) is 23.4 Å². The molecule has 0 aliphatic carbocycles. The number of hydrogen-bond donors (Lipinski definition) is 1. The Hall–Kier alpha value is -0.910. The van der Waals surface area contributed by atoms with Gasteiger partial charge in [0.25, 0.3) is 0 Å². The Bertz CT molecular complexity index is 506. The van der Waals surface area contributed by atoms with Gasteiger partial charge in [-0.1, -0.05) is 37.2 Å². The summed E-state index contributed by atoms with van der Waals surface area (Å²) in [6, 6.07) is 3.79. The van der Waals surface area contributed by atoms with Gasteiger partial charge in [0.05, 0.1) is 6.61 Å². The molecule has 110 valence electrons. The highest BCUT2D eigenvalue weighted by atomic mass is 35.5. The van der Waals surface area contributed by atoms with Crippen LogP contribution in [-0.2, 0) is 17.1 Å². The Balaban J connectivity index is 2.06. The highest BCUT2D eigenvalue weighted by molar-refractivity contribution is 8.13. The van der Waals surface area contributed by atoms with Gasteiger partial charge in [-0.05, 0) is 18.1 Å². The van der Waals surface area contributed by atoms with Crippen molar-refractivity contribution in [1.82, 2.24) is 0 Å². The van der Waals surface area contributed by atoms with E-state index in [-0.39, 0.29) is 6.79 Å². The van der Waals surface area contributed by atoms with Crippen molar-refractivity contribution >= 4 is 28.5 Å². The van der Waals surface area contributed by atoms with Gasteiger partial charge in [-0.2, -0.15) is 0 Å². The molecular formula is C14H19ClN2O2S. The summed E-state index contributed by atoms with van der Waals surface area (Å²) in [7, 11) is 0. The maximum Gasteiger partial charge on any atom is 0.189 e. The zero-order valence-corrected chi connectivity index (χ0v) is 13.3. The molecule has 2 N–H and O–H groups in total. The van der Waals surface area contributed by atoms with Crippen LogP contribution in [0.5, 0.6) is 5.75 Å². The molecule has 0 amide bonds. The fourth-order valence-electron chi connectivity index (χ4n) is 1.83. The number of hydrogen-bond acceptors (Lipinski definition) is 4. The van der Waals surface area contributed by atoms with Crippen molar-refractivity contribution < 1.29 is 9.47 Å². The molecule has 0 saturated carbocycles. The largest absolute Gasteiger partial charge is 0.467 e.